The average molecular weight is 454 g/mol. The van der Waals surface area contributed by atoms with Crippen LogP contribution in [0.3, 0.4) is 0 Å². The van der Waals surface area contributed by atoms with Crippen molar-refractivity contribution < 1.29 is 14.4 Å². The van der Waals surface area contributed by atoms with Crippen LogP contribution in [0, 0.1) is 25.7 Å². The van der Waals surface area contributed by atoms with Crippen molar-refractivity contribution in [2.45, 2.75) is 45.6 Å². The molecule has 0 unspecified atom stereocenters. The van der Waals surface area contributed by atoms with Crippen LogP contribution >= 0.6 is 0 Å². The summed E-state index contributed by atoms with van der Waals surface area (Å²) in [5.74, 6) is 1.09. The summed E-state index contributed by atoms with van der Waals surface area (Å²) in [6.45, 7) is 8.55. The van der Waals surface area contributed by atoms with Crippen LogP contribution in [-0.4, -0.2) is 89.4 Å². The number of fused-ring (bicyclic) bond motifs is 4. The maximum atomic E-state index is 13.3. The lowest BCUT2D eigenvalue weighted by Crippen LogP contribution is -2.63. The first-order valence-corrected chi connectivity index (χ1v) is 12.4. The fraction of sp³-hybridized carbons (Fsp3) is 0.640. The molecule has 3 atom stereocenters. The molecule has 33 heavy (non-hydrogen) atoms. The molecule has 1 aromatic carbocycles. The van der Waals surface area contributed by atoms with Gasteiger partial charge in [-0.25, -0.2) is 9.59 Å². The predicted octanol–water partition coefficient (Wildman–Crippen LogP) is 2.91. The minimum absolute atomic E-state index is 0.0921. The number of nitrogens with one attached hydrogen (secondary N) is 1. The first kappa shape index (κ1) is 22.0. The molecule has 5 amide bonds. The smallest absolute Gasteiger partial charge is 0.321 e. The SMILES string of the molecule is Cc1ccc(NC(=O)N2CCN(C(=O)N3C[C@H]4C[C@H](C3)[C@H]3CCCC(=O)N3C4)CC2)cc1C. The van der Waals surface area contributed by atoms with Crippen LogP contribution in [0.4, 0.5) is 15.3 Å². The van der Waals surface area contributed by atoms with Crippen LogP contribution < -0.4 is 5.32 Å². The van der Waals surface area contributed by atoms with E-state index in [-0.39, 0.29) is 12.1 Å². The summed E-state index contributed by atoms with van der Waals surface area (Å²) in [6, 6.07) is 6.21. The lowest BCUT2D eigenvalue weighted by molar-refractivity contribution is -0.144. The monoisotopic (exact) mass is 453 g/mol. The zero-order valence-electron chi connectivity index (χ0n) is 19.8. The van der Waals surface area contributed by atoms with E-state index in [9.17, 15) is 14.4 Å². The van der Waals surface area contributed by atoms with Crippen molar-refractivity contribution in [2.24, 2.45) is 11.8 Å². The van der Waals surface area contributed by atoms with E-state index in [1.165, 1.54) is 5.56 Å². The third-order valence-corrected chi connectivity index (χ3v) is 8.05. The second-order valence-corrected chi connectivity index (χ2v) is 10.3. The van der Waals surface area contributed by atoms with Gasteiger partial charge < -0.3 is 24.9 Å². The van der Waals surface area contributed by atoms with Crippen molar-refractivity contribution in [1.82, 2.24) is 19.6 Å². The molecule has 0 radical (unpaired) electrons. The summed E-state index contributed by atoms with van der Waals surface area (Å²) in [6.07, 6.45) is 3.85. The minimum atomic E-state index is -0.111. The lowest BCUT2D eigenvalue weighted by atomic mass is 9.76. The normalized spacial score (nSPS) is 27.3. The molecular weight excluding hydrogens is 418 g/mol. The number of hydrogen-bond donors (Lipinski definition) is 1. The molecule has 0 saturated carbocycles. The Kier molecular flexibility index (Phi) is 5.93. The Labute approximate surface area is 195 Å². The number of aryl methyl sites for hydroxylation is 2. The van der Waals surface area contributed by atoms with Crippen molar-refractivity contribution in [3.63, 3.8) is 0 Å². The molecule has 8 heteroatoms. The van der Waals surface area contributed by atoms with Gasteiger partial charge in [-0.05, 0) is 68.2 Å². The van der Waals surface area contributed by atoms with Crippen molar-refractivity contribution in [2.75, 3.05) is 51.1 Å². The number of likely N-dealkylation sites (tertiary alicyclic amines) is 1. The van der Waals surface area contributed by atoms with Gasteiger partial charge in [-0.1, -0.05) is 6.07 Å². The van der Waals surface area contributed by atoms with E-state index < -0.39 is 0 Å². The van der Waals surface area contributed by atoms with Crippen LogP contribution in [0.2, 0.25) is 0 Å². The quantitative estimate of drug-likeness (QED) is 0.710. The minimum Gasteiger partial charge on any atom is -0.339 e. The maximum absolute atomic E-state index is 13.3. The highest BCUT2D eigenvalue weighted by molar-refractivity contribution is 5.89. The van der Waals surface area contributed by atoms with Crippen molar-refractivity contribution in [1.29, 1.82) is 0 Å². The highest BCUT2D eigenvalue weighted by Crippen LogP contribution is 2.38. The molecule has 5 rings (SSSR count). The number of hydrogen-bond acceptors (Lipinski definition) is 3. The molecule has 4 fully saturated rings. The summed E-state index contributed by atoms with van der Waals surface area (Å²) in [7, 11) is 0. The van der Waals surface area contributed by atoms with Crippen LogP contribution in [0.1, 0.15) is 36.8 Å². The molecule has 4 aliphatic heterocycles. The number of piperazine rings is 1. The largest absolute Gasteiger partial charge is 0.339 e. The number of piperidine rings is 3. The molecule has 4 heterocycles. The molecule has 2 bridgehead atoms. The van der Waals surface area contributed by atoms with Gasteiger partial charge in [0.05, 0.1) is 0 Å². The topological polar surface area (TPSA) is 76.2 Å². The Balaban J connectivity index is 1.14. The van der Waals surface area contributed by atoms with E-state index >= 15 is 0 Å². The van der Waals surface area contributed by atoms with Gasteiger partial charge in [-0.2, -0.15) is 0 Å². The number of amides is 5. The van der Waals surface area contributed by atoms with Crippen LogP contribution in [-0.2, 0) is 4.79 Å². The summed E-state index contributed by atoms with van der Waals surface area (Å²) in [5.41, 5.74) is 3.15. The fourth-order valence-electron chi connectivity index (χ4n) is 6.09. The number of nitrogens with zero attached hydrogens (tertiary/aromatic N) is 4. The highest BCUT2D eigenvalue weighted by Gasteiger charge is 2.45. The van der Waals surface area contributed by atoms with Crippen LogP contribution in [0.5, 0.6) is 0 Å². The Bertz CT molecular complexity index is 942. The summed E-state index contributed by atoms with van der Waals surface area (Å²) < 4.78 is 0. The van der Waals surface area contributed by atoms with Gasteiger partial charge in [0.25, 0.3) is 0 Å². The molecular formula is C25H35N5O3. The first-order chi connectivity index (χ1) is 15.9. The summed E-state index contributed by atoms with van der Waals surface area (Å²) >= 11 is 0. The van der Waals surface area contributed by atoms with E-state index in [1.54, 1.807) is 4.90 Å². The van der Waals surface area contributed by atoms with Gasteiger partial charge >= 0.3 is 12.1 Å². The van der Waals surface area contributed by atoms with E-state index in [1.807, 2.05) is 34.9 Å². The van der Waals surface area contributed by atoms with Gasteiger partial charge in [-0.3, -0.25) is 4.79 Å². The van der Waals surface area contributed by atoms with Gasteiger partial charge in [-0.15, -0.1) is 0 Å². The van der Waals surface area contributed by atoms with Gasteiger partial charge in [0.1, 0.15) is 0 Å². The molecule has 0 aliphatic carbocycles. The Hall–Kier alpha value is -2.77. The highest BCUT2D eigenvalue weighted by atomic mass is 16.2. The van der Waals surface area contributed by atoms with Gasteiger partial charge in [0, 0.05) is 64.0 Å². The number of urea groups is 2. The molecule has 178 valence electrons. The van der Waals surface area contributed by atoms with Crippen molar-refractivity contribution in [3.05, 3.63) is 29.3 Å². The maximum Gasteiger partial charge on any atom is 0.321 e. The third-order valence-electron chi connectivity index (χ3n) is 8.05. The fourth-order valence-corrected chi connectivity index (χ4v) is 6.09. The van der Waals surface area contributed by atoms with E-state index in [0.29, 0.717) is 56.4 Å². The predicted molar refractivity (Wildman–Crippen MR) is 126 cm³/mol. The molecule has 8 nitrogen and oxygen atoms in total. The first-order valence-electron chi connectivity index (χ1n) is 12.4. The van der Waals surface area contributed by atoms with Crippen LogP contribution in [0.25, 0.3) is 0 Å². The Morgan fingerprint density at radius 1 is 0.939 bits per heavy atom. The Morgan fingerprint density at radius 2 is 1.70 bits per heavy atom. The van der Waals surface area contributed by atoms with E-state index in [4.69, 9.17) is 0 Å². The number of benzene rings is 1. The van der Waals surface area contributed by atoms with E-state index in [0.717, 1.165) is 50.1 Å². The zero-order chi connectivity index (χ0) is 23.1. The molecule has 0 spiro atoms. The van der Waals surface area contributed by atoms with Crippen LogP contribution in [0.15, 0.2) is 18.2 Å². The molecule has 4 aliphatic rings. The summed E-state index contributed by atoms with van der Waals surface area (Å²) in [5, 5.41) is 2.98. The second kappa shape index (κ2) is 8.88. The van der Waals surface area contributed by atoms with Crippen molar-refractivity contribution in [3.8, 4) is 0 Å². The number of anilines is 1. The number of carbonyl (C=O) groups is 3. The number of carbonyl (C=O) groups excluding carboxylic acids is 3. The molecule has 1 aromatic rings. The molecule has 0 aromatic heterocycles. The Morgan fingerprint density at radius 3 is 2.45 bits per heavy atom. The van der Waals surface area contributed by atoms with Crippen molar-refractivity contribution >= 4 is 23.7 Å². The van der Waals surface area contributed by atoms with Gasteiger partial charge in [0.15, 0.2) is 0 Å². The molecule has 1 N–H and O–H groups in total. The average Bonchev–Trinajstić information content (AvgIpc) is 2.81. The second-order valence-electron chi connectivity index (χ2n) is 10.3. The summed E-state index contributed by atoms with van der Waals surface area (Å²) in [4.78, 5) is 46.2. The standard InChI is InChI=1S/C25H35N5O3/c1-17-6-7-21(12-18(17)2)26-24(32)27-8-10-28(11-9-27)25(33)29-14-19-13-20(16-29)22-4-3-5-23(31)30(22)15-19/h6-7,12,19-20,22H,3-5,8-11,13-16H2,1-2H3,(H,26,32)/t19-,20-,22-/m1/s1. The third kappa shape index (κ3) is 4.39. The lowest BCUT2D eigenvalue weighted by Gasteiger charge is -2.53. The molecule has 4 saturated heterocycles. The number of rotatable bonds is 1. The zero-order valence-corrected chi connectivity index (χ0v) is 19.8. The van der Waals surface area contributed by atoms with Gasteiger partial charge in [0.2, 0.25) is 5.91 Å². The van der Waals surface area contributed by atoms with E-state index in [2.05, 4.69) is 17.1 Å².